The molecule has 0 aliphatic rings. The smallest absolute Gasteiger partial charge is 0.248 e. The first-order valence-corrected chi connectivity index (χ1v) is 58.2. The molecule has 0 heterocycles. The Bertz CT molecular complexity index is 1860. The molecule has 0 radical (unpaired) electrons. The molecule has 0 bridgehead atoms. The first-order chi connectivity index (χ1) is 38.9. The summed E-state index contributed by atoms with van der Waals surface area (Å²) >= 11 is 56.5. The fourth-order valence-electron chi connectivity index (χ4n) is 5.26. The van der Waals surface area contributed by atoms with Gasteiger partial charge in [0.15, 0.2) is 0 Å². The maximum Gasteiger partial charge on any atom is 0.248 e. The van der Waals surface area contributed by atoms with Crippen LogP contribution in [0.5, 0.6) is 0 Å². The minimum absolute atomic E-state index is 0.291. The molecule has 0 N–H and O–H groups in total. The third kappa shape index (κ3) is 48.8. The van der Waals surface area contributed by atoms with Crippen molar-refractivity contribution < 1.29 is 63.3 Å². The van der Waals surface area contributed by atoms with Crippen molar-refractivity contribution in [2.24, 2.45) is 47.3 Å². The van der Waals surface area contributed by atoms with Gasteiger partial charge in [0.25, 0.3) is 0 Å². The van der Waals surface area contributed by atoms with Crippen LogP contribution in [0.25, 0.3) is 0 Å². The zero-order valence-corrected chi connectivity index (χ0v) is 72.4. The molecule has 85 heavy (non-hydrogen) atoms. The molecule has 0 fully saturated rings. The number of rotatable bonds is 54. The van der Waals surface area contributed by atoms with Gasteiger partial charge in [-0.1, -0.05) is 191 Å². The minimum Gasteiger partial charge on any atom is -0.321 e. The lowest BCUT2D eigenvalue weighted by Gasteiger charge is -2.32. The zero-order valence-electron chi connectivity index (χ0n) is 54.6. The Labute approximate surface area is 583 Å². The van der Waals surface area contributed by atoms with Crippen molar-refractivity contribution in [2.45, 2.75) is 189 Å². The van der Waals surface area contributed by atoms with Gasteiger partial charge in [-0.15, -0.1) is 0 Å². The zero-order chi connectivity index (χ0) is 65.6. The molecule has 35 heteroatoms. The topological polar surface area (TPSA) is 129 Å². The van der Waals surface area contributed by atoms with Gasteiger partial charge in [-0.3, -0.25) is 0 Å². The molecule has 0 aliphatic heterocycles. The summed E-state index contributed by atoms with van der Waals surface area (Å²) in [4.78, 5) is 0. The molecular weight excluding hydrogens is 1490 g/mol. The highest BCUT2D eigenvalue weighted by Gasteiger charge is 2.35. The Morgan fingerprint density at radius 2 is 0.365 bits per heavy atom. The van der Waals surface area contributed by atoms with Crippen LogP contribution in [0.1, 0.15) is 152 Å². The average Bonchev–Trinajstić information content (AvgIpc) is 3.41. The van der Waals surface area contributed by atoms with Crippen molar-refractivity contribution >= 4 is 203 Å². The molecule has 0 saturated carbocycles. The fourth-order valence-corrected chi connectivity index (χ4v) is 38.0. The molecule has 14 nitrogen and oxygen atoms in total. The Balaban J connectivity index is 6.63. The summed E-state index contributed by atoms with van der Waals surface area (Å²) in [6, 6.07) is 0. The predicted molar refractivity (Wildman–Crippen MR) is 413 cm³/mol. The molecule has 0 saturated heterocycles. The van der Waals surface area contributed by atoms with E-state index in [2.05, 4.69) is 111 Å². The normalized spacial score (nSPS) is 17.8. The highest BCUT2D eigenvalue weighted by molar-refractivity contribution is 8.70. The van der Waals surface area contributed by atoms with Gasteiger partial charge in [-0.05, 0) is 172 Å². The van der Waals surface area contributed by atoms with Crippen molar-refractivity contribution in [3.63, 3.8) is 0 Å². The molecule has 0 aromatic carbocycles. The van der Waals surface area contributed by atoms with E-state index in [4.69, 9.17) is 158 Å². The van der Waals surface area contributed by atoms with Gasteiger partial charge in [0.1, 0.15) is 0 Å². The van der Waals surface area contributed by atoms with Gasteiger partial charge in [-0.2, -0.15) is 0 Å². The third-order valence-corrected chi connectivity index (χ3v) is 44.5. The highest BCUT2D eigenvalue weighted by Crippen LogP contribution is 2.70. The molecule has 0 aliphatic carbocycles. The van der Waals surface area contributed by atoms with Crippen molar-refractivity contribution in [1.82, 2.24) is 0 Å². The van der Waals surface area contributed by atoms with Crippen LogP contribution < -0.4 is 0 Å². The van der Waals surface area contributed by atoms with E-state index in [0.717, 1.165) is 0 Å². The SMILES string of the molecule is CC(C)COP(=S)(OCC(C)C)SCC(C)OP(=S)(OC(C)CSP(=S)(OCC(C)C)OCC(C)C)SCC(C)OP(=S)(S)OC(C)CSP(=S)(OC(C)CSP(=S)(OCC(C)C)OCC(C)C)OC(C)CSP(=S)(OCC(C)C)OCC(C)C. The Hall–Kier alpha value is 6.44. The number of thiol groups is 1. The number of hydrogen-bond donors (Lipinski definition) is 1. The van der Waals surface area contributed by atoms with Crippen LogP contribution in [-0.4, -0.2) is 124 Å². The molecule has 512 valence electrons. The molecule has 0 aromatic rings. The molecule has 0 spiro atoms. The summed E-state index contributed by atoms with van der Waals surface area (Å²) in [5.74, 6) is 4.99. The summed E-state index contributed by atoms with van der Waals surface area (Å²) in [5.41, 5.74) is -20.2. The quantitative estimate of drug-likeness (QED) is 0.0457. The Morgan fingerprint density at radius 3 is 0.506 bits per heavy atom. The van der Waals surface area contributed by atoms with Gasteiger partial charge in [0.2, 0.25) is 39.9 Å². The third-order valence-electron chi connectivity index (χ3n) is 9.19. The van der Waals surface area contributed by atoms with Crippen molar-refractivity contribution in [3.05, 3.63) is 0 Å². The number of hydrogen-bond acceptors (Lipinski definition) is 27. The van der Waals surface area contributed by atoms with E-state index in [1.54, 1.807) is 0 Å². The van der Waals surface area contributed by atoms with Crippen molar-refractivity contribution in [3.8, 4) is 0 Å². The van der Waals surface area contributed by atoms with E-state index in [9.17, 15) is 0 Å². The maximum absolute atomic E-state index is 6.78. The van der Waals surface area contributed by atoms with E-state index in [-0.39, 0.29) is 24.4 Å². The largest absolute Gasteiger partial charge is 0.321 e. The standard InChI is InChI=1S/C50H109O14P7S14/c1-37(2)23-51-66(74,52-24-38(3)4)80-33-47(19)61-70(78,62-48(20)34-81-67(75,53-25-39(5)6)54-26-40(7)8)84-31-45(17)59-65(72,73)60-46(18)32-85-71(79,63-49(21)35-82-68(76,55-27-41(9)10)56-28-42(11)12)64-50(22)36-83-69(77,57-29-43(13)14)58-30-44(15)16/h37-50H,23-36H2,1-22H3,(H,72,73). The molecular formula is C50H109O14P7S14. The van der Waals surface area contributed by atoms with E-state index in [1.165, 1.54) is 68.3 Å². The van der Waals surface area contributed by atoms with E-state index < -0.39 is 52.1 Å². The predicted octanol–water partition coefficient (Wildman–Crippen LogP) is 21.7. The van der Waals surface area contributed by atoms with Gasteiger partial charge in [0.05, 0.1) is 89.5 Å². The van der Waals surface area contributed by atoms with Crippen LogP contribution in [0.15, 0.2) is 0 Å². The lowest BCUT2D eigenvalue weighted by Crippen LogP contribution is -2.18. The second-order valence-corrected chi connectivity index (χ2v) is 67.1. The van der Waals surface area contributed by atoms with Gasteiger partial charge in [-0.25, -0.2) is 0 Å². The Morgan fingerprint density at radius 1 is 0.235 bits per heavy atom. The Kier molecular flexibility index (Phi) is 50.3. The lowest BCUT2D eigenvalue weighted by atomic mass is 10.2. The first-order valence-electron chi connectivity index (χ1n) is 29.0. The van der Waals surface area contributed by atoms with E-state index in [1.807, 2.05) is 41.5 Å². The summed E-state index contributed by atoms with van der Waals surface area (Å²) in [7, 11) is 0. The first kappa shape index (κ1) is 91.4. The molecule has 0 rings (SSSR count). The monoisotopic (exact) mass is 1600 g/mol. The summed E-state index contributed by atoms with van der Waals surface area (Å²) in [6.45, 7) is 49.2. The van der Waals surface area contributed by atoms with Crippen LogP contribution in [0.4, 0.5) is 0 Å². The second kappa shape index (κ2) is 46.7. The van der Waals surface area contributed by atoms with Crippen LogP contribution in [0.3, 0.4) is 0 Å². The van der Waals surface area contributed by atoms with E-state index in [0.29, 0.717) is 135 Å². The average molecular weight is 1600 g/mol. The fraction of sp³-hybridized carbons (Fsp3) is 1.00. The van der Waals surface area contributed by atoms with Crippen molar-refractivity contribution in [1.29, 1.82) is 0 Å². The van der Waals surface area contributed by atoms with Gasteiger partial charge < -0.3 is 63.3 Å². The second-order valence-electron chi connectivity index (χ2n) is 23.9. The van der Waals surface area contributed by atoms with Crippen molar-refractivity contribution in [2.75, 3.05) is 87.4 Å². The summed E-state index contributed by atoms with van der Waals surface area (Å²) < 4.78 is 90.2. The van der Waals surface area contributed by atoms with E-state index >= 15 is 0 Å². The maximum atomic E-state index is 6.78. The lowest BCUT2D eigenvalue weighted by molar-refractivity contribution is 0.185. The van der Waals surface area contributed by atoms with Crippen LogP contribution in [0, 0.1) is 47.3 Å². The van der Waals surface area contributed by atoms with Gasteiger partial charge in [0, 0.05) is 34.5 Å². The molecule has 6 unspecified atom stereocenters. The van der Waals surface area contributed by atoms with Crippen LogP contribution >= 0.6 is 120 Å². The highest BCUT2D eigenvalue weighted by atomic mass is 32.9. The molecule has 0 aromatic heterocycles. The molecule has 6 atom stereocenters. The summed E-state index contributed by atoms with van der Waals surface area (Å²) in [6.07, 6.45) is -2.42. The minimum atomic E-state index is -3.17. The summed E-state index contributed by atoms with van der Waals surface area (Å²) in [5, 5.41) is 0. The molecule has 0 amide bonds. The van der Waals surface area contributed by atoms with Crippen LogP contribution in [0.2, 0.25) is 0 Å². The van der Waals surface area contributed by atoms with Gasteiger partial charge >= 0.3 is 0 Å². The van der Waals surface area contributed by atoms with Crippen LogP contribution in [-0.2, 0) is 146 Å².